The number of likely N-dealkylation sites (tertiary alicyclic amines) is 1. The maximum atomic E-state index is 14.1. The zero-order valence-corrected chi connectivity index (χ0v) is 22.6. The lowest BCUT2D eigenvalue weighted by molar-refractivity contribution is -0.148. The Labute approximate surface area is 223 Å². The molecule has 1 fully saturated rings. The van der Waals surface area contributed by atoms with E-state index in [1.807, 2.05) is 0 Å². The Hall–Kier alpha value is -2.19. The third kappa shape index (κ3) is 9.53. The van der Waals surface area contributed by atoms with Crippen molar-refractivity contribution in [1.82, 2.24) is 4.90 Å². The molecular weight excluding hydrogens is 505 g/mol. The molecule has 2 rings (SSSR count). The molecule has 1 aromatic carbocycles. The molecule has 1 atom stereocenters. The van der Waals surface area contributed by atoms with Crippen molar-refractivity contribution in [1.29, 1.82) is 0 Å². The quantitative estimate of drug-likeness (QED) is 0.0610. The number of hydrogen-bond donors (Lipinski definition) is 0. The van der Waals surface area contributed by atoms with E-state index in [0.29, 0.717) is 12.8 Å². The van der Waals surface area contributed by atoms with Gasteiger partial charge in [-0.1, -0.05) is 96.8 Å². The number of halogens is 5. The standard InChI is InChI=1S/C29H42F5NO3/c1-2-3-4-5-6-7-8-9-10-11-12-13-14-15-16-20-38-29(37)21-18-17-19-35(21)28(36)22-23(30)25(32)27(34)26(33)24(22)31/h21H,2-20H2,1H3. The summed E-state index contributed by atoms with van der Waals surface area (Å²) in [7, 11) is 0. The van der Waals surface area contributed by atoms with Gasteiger partial charge in [-0.15, -0.1) is 0 Å². The van der Waals surface area contributed by atoms with Crippen LogP contribution in [0, 0.1) is 29.1 Å². The van der Waals surface area contributed by atoms with Gasteiger partial charge in [-0.25, -0.2) is 26.7 Å². The number of amides is 1. The average Bonchev–Trinajstić information content (AvgIpc) is 3.41. The molecule has 0 aliphatic carbocycles. The van der Waals surface area contributed by atoms with Crippen LogP contribution in [0.5, 0.6) is 0 Å². The summed E-state index contributed by atoms with van der Waals surface area (Å²) in [6, 6.07) is -1.12. The zero-order chi connectivity index (χ0) is 27.9. The maximum Gasteiger partial charge on any atom is 0.328 e. The molecule has 1 aliphatic heterocycles. The Balaban J connectivity index is 1.61. The van der Waals surface area contributed by atoms with Crippen molar-refractivity contribution in [3.8, 4) is 0 Å². The minimum atomic E-state index is -2.34. The summed E-state index contributed by atoms with van der Waals surface area (Å²) in [4.78, 5) is 25.9. The van der Waals surface area contributed by atoms with E-state index in [1.165, 1.54) is 70.6 Å². The predicted octanol–water partition coefficient (Wildman–Crippen LogP) is 8.40. The molecule has 0 bridgehead atoms. The van der Waals surface area contributed by atoms with Gasteiger partial charge in [0, 0.05) is 6.54 Å². The number of benzene rings is 1. The summed E-state index contributed by atoms with van der Waals surface area (Å²) in [6.45, 7) is 2.34. The average molecular weight is 548 g/mol. The molecule has 1 aromatic rings. The van der Waals surface area contributed by atoms with Gasteiger partial charge in [-0.05, 0) is 19.3 Å². The van der Waals surface area contributed by atoms with Gasteiger partial charge >= 0.3 is 5.97 Å². The monoisotopic (exact) mass is 547 g/mol. The van der Waals surface area contributed by atoms with Gasteiger partial charge in [0.05, 0.1) is 6.61 Å². The number of unbranched alkanes of at least 4 members (excludes halogenated alkanes) is 14. The molecule has 0 saturated carbocycles. The molecule has 0 aromatic heterocycles. The van der Waals surface area contributed by atoms with Gasteiger partial charge in [0.1, 0.15) is 11.6 Å². The van der Waals surface area contributed by atoms with Crippen molar-refractivity contribution in [2.24, 2.45) is 0 Å². The van der Waals surface area contributed by atoms with Crippen molar-refractivity contribution < 1.29 is 36.3 Å². The first-order valence-corrected chi connectivity index (χ1v) is 14.3. The molecule has 0 radical (unpaired) electrons. The number of nitrogens with zero attached hydrogens (tertiary/aromatic N) is 1. The highest BCUT2D eigenvalue weighted by Crippen LogP contribution is 2.28. The third-order valence-corrected chi connectivity index (χ3v) is 7.20. The van der Waals surface area contributed by atoms with Crippen LogP contribution in [-0.4, -0.2) is 36.0 Å². The second-order valence-corrected chi connectivity index (χ2v) is 10.2. The molecule has 0 spiro atoms. The van der Waals surface area contributed by atoms with Crippen LogP contribution in [-0.2, 0) is 9.53 Å². The van der Waals surface area contributed by atoms with E-state index in [1.54, 1.807) is 0 Å². The molecule has 1 unspecified atom stereocenters. The van der Waals surface area contributed by atoms with Crippen LogP contribution in [0.15, 0.2) is 0 Å². The van der Waals surface area contributed by atoms with Gasteiger partial charge in [0.15, 0.2) is 23.3 Å². The number of rotatable bonds is 18. The fraction of sp³-hybridized carbons (Fsp3) is 0.724. The molecule has 1 heterocycles. The first kappa shape index (κ1) is 32.0. The maximum absolute atomic E-state index is 14.1. The van der Waals surface area contributed by atoms with Crippen LogP contribution in [0.2, 0.25) is 0 Å². The number of hydrogen-bond acceptors (Lipinski definition) is 3. The van der Waals surface area contributed by atoms with Crippen LogP contribution >= 0.6 is 0 Å². The Morgan fingerprint density at radius 1 is 0.684 bits per heavy atom. The number of carbonyl (C=O) groups excluding carboxylic acids is 2. The minimum absolute atomic E-state index is 0.0446. The highest BCUT2D eigenvalue weighted by atomic mass is 19.2. The summed E-state index contributed by atoms with van der Waals surface area (Å²) < 4.78 is 73.7. The van der Waals surface area contributed by atoms with E-state index >= 15 is 0 Å². The van der Waals surface area contributed by atoms with E-state index in [4.69, 9.17) is 4.74 Å². The van der Waals surface area contributed by atoms with Crippen LogP contribution in [0.3, 0.4) is 0 Å². The minimum Gasteiger partial charge on any atom is -0.464 e. The van der Waals surface area contributed by atoms with Gasteiger partial charge in [-0.2, -0.15) is 0 Å². The van der Waals surface area contributed by atoms with Crippen LogP contribution < -0.4 is 0 Å². The number of ether oxygens (including phenoxy) is 1. The largest absolute Gasteiger partial charge is 0.464 e. The van der Waals surface area contributed by atoms with E-state index in [2.05, 4.69) is 6.92 Å². The lowest BCUT2D eigenvalue weighted by atomic mass is 10.0. The summed E-state index contributed by atoms with van der Waals surface area (Å²) >= 11 is 0. The molecule has 1 saturated heterocycles. The smallest absolute Gasteiger partial charge is 0.328 e. The summed E-state index contributed by atoms with van der Waals surface area (Å²) in [5, 5.41) is 0. The van der Waals surface area contributed by atoms with Crippen molar-refractivity contribution in [2.75, 3.05) is 13.2 Å². The predicted molar refractivity (Wildman–Crippen MR) is 136 cm³/mol. The van der Waals surface area contributed by atoms with Crippen molar-refractivity contribution in [2.45, 2.75) is 122 Å². The Morgan fingerprint density at radius 3 is 1.58 bits per heavy atom. The Bertz CT molecular complexity index is 866. The fourth-order valence-corrected chi connectivity index (χ4v) is 4.93. The summed E-state index contributed by atoms with van der Waals surface area (Å²) in [6.07, 6.45) is 18.6. The third-order valence-electron chi connectivity index (χ3n) is 7.20. The normalized spacial score (nSPS) is 15.3. The highest BCUT2D eigenvalue weighted by molar-refractivity contribution is 5.97. The van der Waals surface area contributed by atoms with E-state index in [0.717, 1.165) is 24.2 Å². The molecule has 9 heteroatoms. The molecular formula is C29H42F5NO3. The van der Waals surface area contributed by atoms with Crippen LogP contribution in [0.1, 0.15) is 126 Å². The van der Waals surface area contributed by atoms with Gasteiger partial charge in [0.2, 0.25) is 5.82 Å². The molecule has 4 nitrogen and oxygen atoms in total. The SMILES string of the molecule is CCCCCCCCCCCCCCCCCOC(=O)C1CCCN1C(=O)c1c(F)c(F)c(F)c(F)c1F. The molecule has 1 amide bonds. The number of carbonyl (C=O) groups is 2. The first-order valence-electron chi connectivity index (χ1n) is 14.3. The number of esters is 1. The second kappa shape index (κ2) is 17.4. The lowest BCUT2D eigenvalue weighted by Gasteiger charge is -2.24. The van der Waals surface area contributed by atoms with E-state index in [-0.39, 0.29) is 19.6 Å². The Kier molecular flexibility index (Phi) is 14.7. The molecule has 0 N–H and O–H groups in total. The molecule has 1 aliphatic rings. The molecule has 38 heavy (non-hydrogen) atoms. The van der Waals surface area contributed by atoms with Gasteiger partial charge < -0.3 is 9.64 Å². The van der Waals surface area contributed by atoms with Crippen molar-refractivity contribution in [3.05, 3.63) is 34.6 Å². The Morgan fingerprint density at radius 2 is 1.11 bits per heavy atom. The summed E-state index contributed by atoms with van der Waals surface area (Å²) in [5.41, 5.74) is -1.55. The lowest BCUT2D eigenvalue weighted by Crippen LogP contribution is -2.42. The second-order valence-electron chi connectivity index (χ2n) is 10.2. The van der Waals surface area contributed by atoms with Gasteiger partial charge in [0.25, 0.3) is 5.91 Å². The topological polar surface area (TPSA) is 46.6 Å². The van der Waals surface area contributed by atoms with Crippen molar-refractivity contribution >= 4 is 11.9 Å². The van der Waals surface area contributed by atoms with Crippen LogP contribution in [0.4, 0.5) is 22.0 Å². The molecule has 216 valence electrons. The van der Waals surface area contributed by atoms with E-state index < -0.39 is 52.6 Å². The first-order chi connectivity index (χ1) is 18.3. The fourth-order valence-electron chi connectivity index (χ4n) is 4.93. The summed E-state index contributed by atoms with van der Waals surface area (Å²) in [5.74, 6) is -13.3. The van der Waals surface area contributed by atoms with Crippen LogP contribution in [0.25, 0.3) is 0 Å². The van der Waals surface area contributed by atoms with E-state index in [9.17, 15) is 31.5 Å². The highest BCUT2D eigenvalue weighted by Gasteiger charge is 2.39. The van der Waals surface area contributed by atoms with Crippen molar-refractivity contribution in [3.63, 3.8) is 0 Å². The van der Waals surface area contributed by atoms with Gasteiger partial charge in [-0.3, -0.25) is 4.79 Å². The zero-order valence-electron chi connectivity index (χ0n) is 22.6.